The second-order valence-electron chi connectivity index (χ2n) is 3.52. The number of imidazole rings is 1. The molecule has 0 aliphatic heterocycles. The normalized spacial score (nSPS) is 12.4. The summed E-state index contributed by atoms with van der Waals surface area (Å²) in [7, 11) is 0. The van der Waals surface area contributed by atoms with Gasteiger partial charge in [-0.05, 0) is 13.3 Å². The number of alkyl halides is 1. The number of carbonyl (C=O) groups excluding carboxylic acids is 1. The van der Waals surface area contributed by atoms with Gasteiger partial charge in [-0.1, -0.05) is 0 Å². The van der Waals surface area contributed by atoms with E-state index in [0.29, 0.717) is 12.3 Å². The van der Waals surface area contributed by atoms with Gasteiger partial charge in [0.25, 0.3) is 0 Å². The minimum absolute atomic E-state index is 0.0586. The van der Waals surface area contributed by atoms with E-state index in [1.807, 2.05) is 17.7 Å². The molecule has 15 heavy (non-hydrogen) atoms. The van der Waals surface area contributed by atoms with E-state index >= 15 is 0 Å². The Balaban J connectivity index is 2.23. The first-order chi connectivity index (χ1) is 7.22. The zero-order chi connectivity index (χ0) is 11.1. The Morgan fingerprint density at radius 1 is 1.67 bits per heavy atom. The van der Waals surface area contributed by atoms with Crippen LogP contribution < -0.4 is 5.32 Å². The molecule has 1 N–H and O–H groups in total. The van der Waals surface area contributed by atoms with Crippen molar-refractivity contribution in [2.24, 2.45) is 0 Å². The maximum absolute atomic E-state index is 11.3. The third-order valence-corrected chi connectivity index (χ3v) is 2.26. The molecule has 0 aromatic carbocycles. The van der Waals surface area contributed by atoms with Gasteiger partial charge in [0, 0.05) is 37.3 Å². The number of amides is 1. The van der Waals surface area contributed by atoms with Crippen molar-refractivity contribution in [3.8, 4) is 0 Å². The Labute approximate surface area is 94.6 Å². The lowest BCUT2D eigenvalue weighted by Crippen LogP contribution is -2.35. The quantitative estimate of drug-likeness (QED) is 0.750. The summed E-state index contributed by atoms with van der Waals surface area (Å²) >= 11 is 5.50. The van der Waals surface area contributed by atoms with Crippen LogP contribution in [0.25, 0.3) is 0 Å². The number of rotatable bonds is 6. The van der Waals surface area contributed by atoms with Crippen LogP contribution in [0.3, 0.4) is 0 Å². The van der Waals surface area contributed by atoms with Crippen LogP contribution in [0.4, 0.5) is 0 Å². The summed E-state index contributed by atoms with van der Waals surface area (Å²) in [6, 6.07) is 0.113. The van der Waals surface area contributed by atoms with Crippen LogP contribution in [0.15, 0.2) is 18.7 Å². The van der Waals surface area contributed by atoms with Gasteiger partial charge in [0.2, 0.25) is 5.91 Å². The molecule has 0 aliphatic carbocycles. The van der Waals surface area contributed by atoms with Crippen molar-refractivity contribution in [2.75, 3.05) is 5.88 Å². The van der Waals surface area contributed by atoms with Crippen molar-refractivity contribution in [1.29, 1.82) is 0 Å². The molecule has 1 amide bonds. The molecule has 0 saturated heterocycles. The van der Waals surface area contributed by atoms with Crippen molar-refractivity contribution < 1.29 is 4.79 Å². The number of nitrogens with one attached hydrogen (secondary N) is 1. The molecule has 1 aromatic rings. The van der Waals surface area contributed by atoms with E-state index in [9.17, 15) is 4.79 Å². The Kier molecular flexibility index (Phi) is 5.18. The van der Waals surface area contributed by atoms with Crippen LogP contribution in [-0.2, 0) is 11.3 Å². The van der Waals surface area contributed by atoms with E-state index in [0.717, 1.165) is 13.0 Å². The number of carbonyl (C=O) groups is 1. The number of aromatic nitrogens is 2. The van der Waals surface area contributed by atoms with Crippen molar-refractivity contribution in [3.05, 3.63) is 18.7 Å². The molecule has 0 radical (unpaired) electrons. The Hall–Kier alpha value is -1.03. The number of hydrogen-bond acceptors (Lipinski definition) is 2. The molecule has 5 heteroatoms. The predicted octanol–water partition coefficient (Wildman–Crippen LogP) is 1.41. The molecular weight excluding hydrogens is 214 g/mol. The van der Waals surface area contributed by atoms with Gasteiger partial charge in [-0.15, -0.1) is 11.6 Å². The largest absolute Gasteiger partial charge is 0.352 e. The monoisotopic (exact) mass is 229 g/mol. The van der Waals surface area contributed by atoms with Gasteiger partial charge in [-0.25, -0.2) is 4.98 Å². The molecular formula is C10H16ClN3O. The van der Waals surface area contributed by atoms with Gasteiger partial charge < -0.3 is 9.88 Å². The smallest absolute Gasteiger partial charge is 0.220 e. The summed E-state index contributed by atoms with van der Waals surface area (Å²) < 4.78 is 1.94. The SMILES string of the molecule is CC(Cn1ccnc1)NC(=O)CCCCl. The van der Waals surface area contributed by atoms with Crippen molar-refractivity contribution in [2.45, 2.75) is 32.4 Å². The number of hydrogen-bond donors (Lipinski definition) is 1. The first-order valence-electron chi connectivity index (χ1n) is 5.03. The summed E-state index contributed by atoms with van der Waals surface area (Å²) in [5, 5.41) is 2.91. The summed E-state index contributed by atoms with van der Waals surface area (Å²) in [5.41, 5.74) is 0. The van der Waals surface area contributed by atoms with Crippen molar-refractivity contribution in [3.63, 3.8) is 0 Å². The van der Waals surface area contributed by atoms with Crippen molar-refractivity contribution >= 4 is 17.5 Å². The summed E-state index contributed by atoms with van der Waals surface area (Å²) in [6.07, 6.45) is 6.56. The minimum atomic E-state index is 0.0586. The van der Waals surface area contributed by atoms with Gasteiger partial charge in [0.05, 0.1) is 6.33 Å². The lowest BCUT2D eigenvalue weighted by atomic mass is 10.2. The molecule has 0 saturated carbocycles. The maximum Gasteiger partial charge on any atom is 0.220 e. The molecule has 0 bridgehead atoms. The zero-order valence-electron chi connectivity index (χ0n) is 8.82. The Morgan fingerprint density at radius 2 is 2.47 bits per heavy atom. The van der Waals surface area contributed by atoms with E-state index in [-0.39, 0.29) is 11.9 Å². The van der Waals surface area contributed by atoms with Gasteiger partial charge in [0.15, 0.2) is 0 Å². The lowest BCUT2D eigenvalue weighted by molar-refractivity contribution is -0.121. The van der Waals surface area contributed by atoms with Crippen LogP contribution in [0, 0.1) is 0 Å². The molecule has 1 atom stereocenters. The molecule has 1 heterocycles. The fraction of sp³-hybridized carbons (Fsp3) is 0.600. The Bertz CT molecular complexity index is 287. The van der Waals surface area contributed by atoms with Crippen LogP contribution in [0.5, 0.6) is 0 Å². The second kappa shape index (κ2) is 6.45. The molecule has 0 fully saturated rings. The molecule has 0 spiro atoms. The first-order valence-corrected chi connectivity index (χ1v) is 5.57. The molecule has 4 nitrogen and oxygen atoms in total. The predicted molar refractivity (Wildman–Crippen MR) is 59.8 cm³/mol. The fourth-order valence-electron chi connectivity index (χ4n) is 1.33. The number of halogens is 1. The second-order valence-corrected chi connectivity index (χ2v) is 3.90. The highest BCUT2D eigenvalue weighted by Crippen LogP contribution is 1.95. The third kappa shape index (κ3) is 4.83. The zero-order valence-corrected chi connectivity index (χ0v) is 9.57. The standard InChI is InChI=1S/C10H16ClN3O/c1-9(7-14-6-5-12-8-14)13-10(15)3-2-4-11/h5-6,8-9H,2-4,7H2,1H3,(H,13,15). The maximum atomic E-state index is 11.3. The topological polar surface area (TPSA) is 46.9 Å². The van der Waals surface area contributed by atoms with E-state index in [4.69, 9.17) is 11.6 Å². The van der Waals surface area contributed by atoms with Crippen LogP contribution in [0.2, 0.25) is 0 Å². The van der Waals surface area contributed by atoms with Crippen LogP contribution in [0.1, 0.15) is 19.8 Å². The third-order valence-electron chi connectivity index (χ3n) is 1.99. The highest BCUT2D eigenvalue weighted by molar-refractivity contribution is 6.17. The highest BCUT2D eigenvalue weighted by atomic mass is 35.5. The molecule has 84 valence electrons. The van der Waals surface area contributed by atoms with E-state index in [2.05, 4.69) is 10.3 Å². The van der Waals surface area contributed by atoms with E-state index in [1.54, 1.807) is 12.5 Å². The van der Waals surface area contributed by atoms with Gasteiger partial charge in [0.1, 0.15) is 0 Å². The van der Waals surface area contributed by atoms with Gasteiger partial charge in [-0.3, -0.25) is 4.79 Å². The van der Waals surface area contributed by atoms with E-state index < -0.39 is 0 Å². The average molecular weight is 230 g/mol. The number of nitrogens with zero attached hydrogens (tertiary/aromatic N) is 2. The summed E-state index contributed by atoms with van der Waals surface area (Å²) in [4.78, 5) is 15.3. The summed E-state index contributed by atoms with van der Waals surface area (Å²) in [6.45, 7) is 2.71. The van der Waals surface area contributed by atoms with Gasteiger partial charge >= 0.3 is 0 Å². The molecule has 0 aliphatic rings. The molecule has 1 unspecified atom stereocenters. The fourth-order valence-corrected chi connectivity index (χ4v) is 1.46. The van der Waals surface area contributed by atoms with Crippen LogP contribution in [-0.4, -0.2) is 27.4 Å². The molecule has 1 aromatic heterocycles. The van der Waals surface area contributed by atoms with Gasteiger partial charge in [-0.2, -0.15) is 0 Å². The summed E-state index contributed by atoms with van der Waals surface area (Å²) in [5.74, 6) is 0.590. The lowest BCUT2D eigenvalue weighted by Gasteiger charge is -2.14. The Morgan fingerprint density at radius 3 is 3.07 bits per heavy atom. The first kappa shape index (κ1) is 12.0. The minimum Gasteiger partial charge on any atom is -0.352 e. The van der Waals surface area contributed by atoms with Crippen LogP contribution >= 0.6 is 11.6 Å². The molecule has 1 rings (SSSR count). The van der Waals surface area contributed by atoms with E-state index in [1.165, 1.54) is 0 Å². The van der Waals surface area contributed by atoms with Crippen molar-refractivity contribution in [1.82, 2.24) is 14.9 Å². The average Bonchev–Trinajstić information content (AvgIpc) is 2.67. The highest BCUT2D eigenvalue weighted by Gasteiger charge is 2.06.